The largest absolute Gasteiger partial charge is 0.497 e. The van der Waals surface area contributed by atoms with E-state index in [1.54, 1.807) is 23.5 Å². The molecule has 33 heavy (non-hydrogen) atoms. The molecular formula is C24H29N3O4S2. The van der Waals surface area contributed by atoms with Crippen molar-refractivity contribution >= 4 is 26.5 Å². The molecule has 0 saturated carbocycles. The minimum Gasteiger partial charge on any atom is -0.497 e. The number of piperazine rings is 1. The molecule has 1 aliphatic rings. The summed E-state index contributed by atoms with van der Waals surface area (Å²) in [6, 6.07) is 11.3. The van der Waals surface area contributed by atoms with Gasteiger partial charge in [-0.3, -0.25) is 0 Å². The lowest BCUT2D eigenvalue weighted by molar-refractivity contribution is 0.370. The first kappa shape index (κ1) is 23.5. The maximum atomic E-state index is 13.3. The number of rotatable bonds is 7. The van der Waals surface area contributed by atoms with Crippen LogP contribution >= 0.6 is 11.3 Å². The Hall–Kier alpha value is -2.62. The van der Waals surface area contributed by atoms with E-state index in [2.05, 4.69) is 42.3 Å². The number of nitrogens with zero attached hydrogens (tertiary/aromatic N) is 3. The lowest BCUT2D eigenvalue weighted by Crippen LogP contribution is -2.48. The minimum absolute atomic E-state index is 0.128. The minimum atomic E-state index is -3.70. The maximum absolute atomic E-state index is 13.3. The van der Waals surface area contributed by atoms with Gasteiger partial charge in [0.2, 0.25) is 10.0 Å². The third-order valence-corrected chi connectivity index (χ3v) is 8.78. The smallest absolute Gasteiger partial charge is 0.247 e. The highest BCUT2D eigenvalue weighted by Crippen LogP contribution is 2.32. The molecule has 0 spiro atoms. The molecule has 1 saturated heterocycles. The fraction of sp³-hybridized carbons (Fsp3) is 0.375. The van der Waals surface area contributed by atoms with E-state index in [0.29, 0.717) is 37.7 Å². The number of aryl methyl sites for hydroxylation is 2. The van der Waals surface area contributed by atoms with Crippen molar-refractivity contribution in [1.29, 1.82) is 0 Å². The number of ether oxygens (including phenoxy) is 2. The molecule has 7 nitrogen and oxygen atoms in total. The lowest BCUT2D eigenvalue weighted by atomic mass is 10.0. The van der Waals surface area contributed by atoms with E-state index in [-0.39, 0.29) is 4.90 Å². The van der Waals surface area contributed by atoms with Gasteiger partial charge in [0.1, 0.15) is 16.4 Å². The second-order valence-corrected chi connectivity index (χ2v) is 10.9. The second-order valence-electron chi connectivity index (χ2n) is 8.14. The van der Waals surface area contributed by atoms with Gasteiger partial charge in [0.15, 0.2) is 5.13 Å². The molecule has 0 amide bonds. The fourth-order valence-electron chi connectivity index (χ4n) is 3.95. The van der Waals surface area contributed by atoms with Crippen molar-refractivity contribution in [3.8, 4) is 11.5 Å². The number of anilines is 1. The van der Waals surface area contributed by atoms with E-state index in [1.165, 1.54) is 41.3 Å². The Bertz CT molecular complexity index is 1230. The van der Waals surface area contributed by atoms with E-state index >= 15 is 0 Å². The summed E-state index contributed by atoms with van der Waals surface area (Å²) in [7, 11) is -0.720. The Morgan fingerprint density at radius 1 is 1.00 bits per heavy atom. The van der Waals surface area contributed by atoms with E-state index in [1.807, 2.05) is 0 Å². The van der Waals surface area contributed by atoms with Crippen LogP contribution in [0.2, 0.25) is 0 Å². The van der Waals surface area contributed by atoms with Gasteiger partial charge in [-0.2, -0.15) is 4.31 Å². The molecule has 9 heteroatoms. The zero-order valence-corrected chi connectivity index (χ0v) is 21.0. The Morgan fingerprint density at radius 3 is 2.45 bits per heavy atom. The quantitative estimate of drug-likeness (QED) is 0.504. The predicted molar refractivity (Wildman–Crippen MR) is 131 cm³/mol. The maximum Gasteiger partial charge on any atom is 0.247 e. The topological polar surface area (TPSA) is 72.0 Å². The lowest BCUT2D eigenvalue weighted by Gasteiger charge is -2.34. The molecule has 0 unspecified atom stereocenters. The molecule has 2 aromatic carbocycles. The van der Waals surface area contributed by atoms with E-state index in [9.17, 15) is 8.42 Å². The molecule has 4 rings (SSSR count). The number of benzene rings is 2. The summed E-state index contributed by atoms with van der Waals surface area (Å²) >= 11 is 1.61. The summed E-state index contributed by atoms with van der Waals surface area (Å²) < 4.78 is 38.6. The van der Waals surface area contributed by atoms with Crippen LogP contribution in [0.25, 0.3) is 0 Å². The zero-order chi connectivity index (χ0) is 23.6. The van der Waals surface area contributed by atoms with Gasteiger partial charge >= 0.3 is 0 Å². The average Bonchev–Trinajstić information content (AvgIpc) is 3.29. The van der Waals surface area contributed by atoms with Crippen LogP contribution in [0.15, 0.2) is 46.7 Å². The van der Waals surface area contributed by atoms with Crippen molar-refractivity contribution in [3.05, 3.63) is 64.2 Å². The first-order valence-corrected chi connectivity index (χ1v) is 13.1. The fourth-order valence-corrected chi connectivity index (χ4v) is 6.42. The van der Waals surface area contributed by atoms with Gasteiger partial charge in [0.05, 0.1) is 19.9 Å². The highest BCUT2D eigenvalue weighted by Gasteiger charge is 2.32. The summed E-state index contributed by atoms with van der Waals surface area (Å²) in [5, 5.41) is 3.03. The number of hydrogen-bond acceptors (Lipinski definition) is 7. The van der Waals surface area contributed by atoms with Gasteiger partial charge in [-0.15, -0.1) is 11.3 Å². The van der Waals surface area contributed by atoms with Crippen molar-refractivity contribution in [2.75, 3.05) is 45.3 Å². The standard InChI is InChI=1S/C24H29N3O4S2/c1-17-5-6-18(2)19(13-17)14-20-16-32-24(25-20)26-9-11-27(12-10-26)33(28,29)23-15-21(30-3)7-8-22(23)31-4/h5-8,13,15-16H,9-12,14H2,1-4H3. The summed E-state index contributed by atoms with van der Waals surface area (Å²) in [6.07, 6.45) is 0.800. The van der Waals surface area contributed by atoms with Crippen LogP contribution in [-0.2, 0) is 16.4 Å². The zero-order valence-electron chi connectivity index (χ0n) is 19.4. The molecule has 1 aliphatic heterocycles. The van der Waals surface area contributed by atoms with E-state index in [0.717, 1.165) is 17.2 Å². The van der Waals surface area contributed by atoms with Crippen LogP contribution in [0.5, 0.6) is 11.5 Å². The molecule has 176 valence electrons. The van der Waals surface area contributed by atoms with Gasteiger partial charge < -0.3 is 14.4 Å². The first-order valence-electron chi connectivity index (χ1n) is 10.8. The molecule has 1 fully saturated rings. The first-order chi connectivity index (χ1) is 15.8. The molecular weight excluding hydrogens is 458 g/mol. The summed E-state index contributed by atoms with van der Waals surface area (Å²) in [5.74, 6) is 0.793. The third-order valence-electron chi connectivity index (χ3n) is 5.91. The van der Waals surface area contributed by atoms with E-state index < -0.39 is 10.0 Å². The monoisotopic (exact) mass is 487 g/mol. The van der Waals surface area contributed by atoms with Gasteiger partial charge in [0, 0.05) is 44.0 Å². The molecule has 3 aromatic rings. The summed E-state index contributed by atoms with van der Waals surface area (Å²) in [5.41, 5.74) is 4.84. The van der Waals surface area contributed by atoms with Gasteiger partial charge in [-0.1, -0.05) is 23.8 Å². The Morgan fingerprint density at radius 2 is 1.76 bits per heavy atom. The highest BCUT2D eigenvalue weighted by molar-refractivity contribution is 7.89. The molecule has 0 bridgehead atoms. The van der Waals surface area contributed by atoms with Crippen LogP contribution in [0.3, 0.4) is 0 Å². The van der Waals surface area contributed by atoms with Crippen LogP contribution < -0.4 is 14.4 Å². The Balaban J connectivity index is 1.45. The molecule has 2 heterocycles. The second kappa shape index (κ2) is 9.70. The highest BCUT2D eigenvalue weighted by atomic mass is 32.2. The molecule has 1 aromatic heterocycles. The number of hydrogen-bond donors (Lipinski definition) is 0. The van der Waals surface area contributed by atoms with Crippen LogP contribution in [-0.4, -0.2) is 58.1 Å². The molecule has 0 radical (unpaired) electrons. The van der Waals surface area contributed by atoms with Gasteiger partial charge in [0.25, 0.3) is 0 Å². The van der Waals surface area contributed by atoms with Crippen molar-refractivity contribution in [1.82, 2.24) is 9.29 Å². The van der Waals surface area contributed by atoms with E-state index in [4.69, 9.17) is 14.5 Å². The third kappa shape index (κ3) is 5.00. The van der Waals surface area contributed by atoms with Crippen LogP contribution in [0.1, 0.15) is 22.4 Å². The van der Waals surface area contributed by atoms with Crippen molar-refractivity contribution < 1.29 is 17.9 Å². The van der Waals surface area contributed by atoms with Crippen LogP contribution in [0.4, 0.5) is 5.13 Å². The predicted octanol–water partition coefficient (Wildman–Crippen LogP) is 3.88. The van der Waals surface area contributed by atoms with Crippen LogP contribution in [0, 0.1) is 13.8 Å². The molecule has 0 aliphatic carbocycles. The molecule has 0 N–H and O–H groups in total. The normalized spacial score (nSPS) is 15.0. The van der Waals surface area contributed by atoms with Crippen molar-refractivity contribution in [2.24, 2.45) is 0 Å². The number of sulfonamides is 1. The Kier molecular flexibility index (Phi) is 6.92. The summed E-state index contributed by atoms with van der Waals surface area (Å²) in [4.78, 5) is 7.12. The Labute approximate surface area is 199 Å². The van der Waals surface area contributed by atoms with Gasteiger partial charge in [-0.25, -0.2) is 13.4 Å². The number of aromatic nitrogens is 1. The van der Waals surface area contributed by atoms with Gasteiger partial charge in [-0.05, 0) is 37.1 Å². The SMILES string of the molecule is COc1ccc(OC)c(S(=O)(=O)N2CCN(c3nc(Cc4cc(C)ccc4C)cs3)CC2)c1. The summed E-state index contributed by atoms with van der Waals surface area (Å²) in [6.45, 7) is 6.16. The number of thiazole rings is 1. The van der Waals surface area contributed by atoms with Crippen molar-refractivity contribution in [2.45, 2.75) is 25.2 Å². The molecule has 0 atom stereocenters. The average molecular weight is 488 g/mol. The number of methoxy groups -OCH3 is 2. The van der Waals surface area contributed by atoms with Crippen molar-refractivity contribution in [3.63, 3.8) is 0 Å².